The summed E-state index contributed by atoms with van der Waals surface area (Å²) in [5, 5.41) is 6.64. The van der Waals surface area contributed by atoms with E-state index in [1.807, 2.05) is 0 Å². The molecule has 11 heteroatoms. The number of nitrogens with two attached hydrogens (primary N) is 1. The lowest BCUT2D eigenvalue weighted by Gasteiger charge is -2.11. The molecule has 3 N–H and O–H groups in total. The molecule has 0 aliphatic heterocycles. The summed E-state index contributed by atoms with van der Waals surface area (Å²) >= 11 is 0. The highest BCUT2D eigenvalue weighted by Crippen LogP contribution is 2.38. The van der Waals surface area contributed by atoms with E-state index in [2.05, 4.69) is 22.3 Å². The van der Waals surface area contributed by atoms with Gasteiger partial charge in [-0.3, -0.25) is 4.68 Å². The van der Waals surface area contributed by atoms with E-state index in [-0.39, 0.29) is 11.1 Å². The smallest absolute Gasteiger partial charge is 0.351 e. The van der Waals surface area contributed by atoms with Crippen molar-refractivity contribution < 1.29 is 31.1 Å². The van der Waals surface area contributed by atoms with Gasteiger partial charge in [-0.2, -0.15) is 18.3 Å². The largest absolute Gasteiger partial charge is 0.418 e. The maximum Gasteiger partial charge on any atom is 0.418 e. The van der Waals surface area contributed by atoms with E-state index in [1.54, 1.807) is 48.5 Å². The van der Waals surface area contributed by atoms with Crippen LogP contribution in [-0.4, -0.2) is 15.8 Å². The molecule has 2 amide bonds. The van der Waals surface area contributed by atoms with E-state index >= 15 is 0 Å². The van der Waals surface area contributed by atoms with Gasteiger partial charge in [-0.05, 0) is 36.4 Å². The second kappa shape index (κ2) is 10.7. The monoisotopic (exact) mass is 564 g/mol. The predicted molar refractivity (Wildman–Crippen MR) is 141 cm³/mol. The first-order chi connectivity index (χ1) is 19.5. The number of nitrogens with zero attached hydrogens (tertiary/aromatic N) is 2. The third-order valence-corrected chi connectivity index (χ3v) is 6.11. The zero-order valence-electron chi connectivity index (χ0n) is 20.9. The Bertz CT molecular complexity index is 1840. The minimum absolute atomic E-state index is 0.0955. The molecule has 1 aromatic heterocycles. The van der Waals surface area contributed by atoms with Crippen LogP contribution in [0.3, 0.4) is 0 Å². The Kier molecular flexibility index (Phi) is 7.15. The highest BCUT2D eigenvalue weighted by Gasteiger charge is 2.34. The zero-order valence-corrected chi connectivity index (χ0v) is 20.9. The number of alkyl halides is 3. The third-order valence-electron chi connectivity index (χ3n) is 6.11. The standard InChI is InChI=1S/C30H18F6N4O/c31-20-14-25(32)23(26(33)15-20)16-40-28(22-8-3-9-24(27(22)39-40)30(34,35)36)19-6-1-4-17(12-19)10-11-18-5-2-7-21(13-18)38-29(37)41/h1-9,12-15H,16H2,(H3,37,38,41). The van der Waals surface area contributed by atoms with Gasteiger partial charge in [0, 0.05) is 45.5 Å². The minimum Gasteiger partial charge on any atom is -0.351 e. The van der Waals surface area contributed by atoms with Gasteiger partial charge in [0.15, 0.2) is 0 Å². The molecule has 0 aliphatic rings. The Labute approximate surface area is 229 Å². The normalized spacial score (nSPS) is 11.3. The molecular weight excluding hydrogens is 546 g/mol. The van der Waals surface area contributed by atoms with Crippen molar-refractivity contribution in [2.45, 2.75) is 12.7 Å². The molecule has 0 unspecified atom stereocenters. The number of carbonyl (C=O) groups is 1. The van der Waals surface area contributed by atoms with Crippen LogP contribution in [0.15, 0.2) is 78.9 Å². The number of rotatable bonds is 4. The number of hydrogen-bond donors (Lipinski definition) is 2. The Morgan fingerprint density at radius 3 is 2.17 bits per heavy atom. The number of fused-ring (bicyclic) bond motifs is 1. The summed E-state index contributed by atoms with van der Waals surface area (Å²) in [5.41, 5.74) is 5.16. The summed E-state index contributed by atoms with van der Waals surface area (Å²) in [6.45, 7) is -0.602. The van der Waals surface area contributed by atoms with Crippen LogP contribution in [0, 0.1) is 29.3 Å². The van der Waals surface area contributed by atoms with Crippen molar-refractivity contribution in [3.63, 3.8) is 0 Å². The van der Waals surface area contributed by atoms with Crippen LogP contribution in [0.25, 0.3) is 22.2 Å². The van der Waals surface area contributed by atoms with Gasteiger partial charge >= 0.3 is 12.2 Å². The fourth-order valence-corrected chi connectivity index (χ4v) is 4.38. The molecule has 5 aromatic rings. The lowest BCUT2D eigenvalue weighted by Crippen LogP contribution is -2.19. The molecule has 0 radical (unpaired) electrons. The molecule has 0 aliphatic carbocycles. The van der Waals surface area contributed by atoms with Gasteiger partial charge in [0.2, 0.25) is 0 Å². The van der Waals surface area contributed by atoms with E-state index in [0.717, 1.165) is 10.7 Å². The van der Waals surface area contributed by atoms with Crippen LogP contribution in [0.1, 0.15) is 22.3 Å². The summed E-state index contributed by atoms with van der Waals surface area (Å²) in [5.74, 6) is 2.37. The Morgan fingerprint density at radius 2 is 1.51 bits per heavy atom. The first-order valence-corrected chi connectivity index (χ1v) is 12.0. The van der Waals surface area contributed by atoms with Gasteiger partial charge in [-0.25, -0.2) is 18.0 Å². The van der Waals surface area contributed by atoms with Gasteiger partial charge in [0.1, 0.15) is 23.0 Å². The summed E-state index contributed by atoms with van der Waals surface area (Å²) in [7, 11) is 0. The van der Waals surface area contributed by atoms with Crippen molar-refractivity contribution in [3.8, 4) is 23.1 Å². The van der Waals surface area contributed by atoms with Crippen LogP contribution < -0.4 is 11.1 Å². The molecule has 0 saturated heterocycles. The Morgan fingerprint density at radius 1 is 0.878 bits per heavy atom. The van der Waals surface area contributed by atoms with Crippen LogP contribution >= 0.6 is 0 Å². The molecule has 0 saturated carbocycles. The summed E-state index contributed by atoms with van der Waals surface area (Å²) in [4.78, 5) is 11.1. The number of benzene rings is 4. The number of carbonyl (C=O) groups excluding carboxylic acids is 1. The molecular formula is C30H18F6N4O. The number of halogens is 6. The molecule has 0 bridgehead atoms. The second-order valence-corrected chi connectivity index (χ2v) is 8.95. The highest BCUT2D eigenvalue weighted by molar-refractivity contribution is 5.95. The number of hydrogen-bond acceptors (Lipinski definition) is 2. The summed E-state index contributed by atoms with van der Waals surface area (Å²) < 4.78 is 85.1. The van der Waals surface area contributed by atoms with E-state index in [0.29, 0.717) is 34.5 Å². The van der Waals surface area contributed by atoms with Gasteiger partial charge in [0.25, 0.3) is 0 Å². The van der Waals surface area contributed by atoms with Crippen LogP contribution in [0.2, 0.25) is 0 Å². The number of anilines is 1. The number of urea groups is 1. The van der Waals surface area contributed by atoms with E-state index in [1.165, 1.54) is 12.1 Å². The second-order valence-electron chi connectivity index (χ2n) is 8.95. The molecule has 5 rings (SSSR count). The molecule has 0 spiro atoms. The topological polar surface area (TPSA) is 72.9 Å². The predicted octanol–water partition coefficient (Wildman–Crippen LogP) is 7.08. The molecule has 0 atom stereocenters. The average Bonchev–Trinajstić information content (AvgIpc) is 3.27. The molecule has 4 aromatic carbocycles. The maximum absolute atomic E-state index is 14.5. The fraction of sp³-hybridized carbons (Fsp3) is 0.0667. The molecule has 0 fully saturated rings. The number of amides is 2. The molecule has 5 nitrogen and oxygen atoms in total. The van der Waals surface area contributed by atoms with Crippen molar-refractivity contribution in [2.24, 2.45) is 5.73 Å². The van der Waals surface area contributed by atoms with Crippen molar-refractivity contribution >= 4 is 22.6 Å². The Hall–Kier alpha value is -5.24. The SMILES string of the molecule is NC(=O)Nc1cccc(C#Cc2cccc(-c3c4cccc(C(F)(F)F)c4nn3Cc3c(F)cc(F)cc3F)c2)c1. The molecule has 1 heterocycles. The van der Waals surface area contributed by atoms with Crippen molar-refractivity contribution in [1.82, 2.24) is 9.78 Å². The maximum atomic E-state index is 14.5. The van der Waals surface area contributed by atoms with E-state index in [4.69, 9.17) is 5.73 Å². The first kappa shape index (κ1) is 27.3. The minimum atomic E-state index is -4.74. The zero-order chi connectivity index (χ0) is 29.3. The van der Waals surface area contributed by atoms with E-state index < -0.39 is 52.8 Å². The van der Waals surface area contributed by atoms with Gasteiger partial charge in [0.05, 0.1) is 17.8 Å². The quantitative estimate of drug-likeness (QED) is 0.181. The van der Waals surface area contributed by atoms with Crippen LogP contribution in [0.5, 0.6) is 0 Å². The van der Waals surface area contributed by atoms with Crippen molar-refractivity contribution in [1.29, 1.82) is 0 Å². The lowest BCUT2D eigenvalue weighted by atomic mass is 10.0. The average molecular weight is 564 g/mol. The van der Waals surface area contributed by atoms with Crippen LogP contribution in [-0.2, 0) is 12.7 Å². The van der Waals surface area contributed by atoms with Gasteiger partial charge in [-0.15, -0.1) is 0 Å². The number of primary amides is 1. The fourth-order valence-electron chi connectivity index (χ4n) is 4.38. The Balaban J connectivity index is 1.63. The van der Waals surface area contributed by atoms with Crippen molar-refractivity contribution in [2.75, 3.05) is 5.32 Å². The number of aromatic nitrogens is 2. The first-order valence-electron chi connectivity index (χ1n) is 12.0. The summed E-state index contributed by atoms with van der Waals surface area (Å²) in [6, 6.07) is 16.9. The van der Waals surface area contributed by atoms with E-state index in [9.17, 15) is 31.1 Å². The van der Waals surface area contributed by atoms with Gasteiger partial charge in [-0.1, -0.05) is 42.2 Å². The highest BCUT2D eigenvalue weighted by atomic mass is 19.4. The molecule has 206 valence electrons. The summed E-state index contributed by atoms with van der Waals surface area (Å²) in [6.07, 6.45) is -4.74. The van der Waals surface area contributed by atoms with Crippen molar-refractivity contribution in [3.05, 3.63) is 119 Å². The third kappa shape index (κ3) is 5.86. The number of nitrogens with one attached hydrogen (secondary N) is 1. The van der Waals surface area contributed by atoms with Gasteiger partial charge < -0.3 is 11.1 Å². The van der Waals surface area contributed by atoms with Crippen LogP contribution in [0.4, 0.5) is 36.8 Å². The lowest BCUT2D eigenvalue weighted by molar-refractivity contribution is -0.136. The molecule has 41 heavy (non-hydrogen) atoms.